The van der Waals surface area contributed by atoms with Crippen LogP contribution < -0.4 is 0 Å². The summed E-state index contributed by atoms with van der Waals surface area (Å²) in [7, 11) is 0. The van der Waals surface area contributed by atoms with Gasteiger partial charge in [-0.2, -0.15) is 0 Å². The number of hydrogen-bond donors (Lipinski definition) is 4. The molecule has 1 rings (SSSR count). The van der Waals surface area contributed by atoms with Gasteiger partial charge < -0.3 is 20.4 Å². The first kappa shape index (κ1) is 15.8. The van der Waals surface area contributed by atoms with E-state index in [2.05, 4.69) is 0 Å². The lowest BCUT2D eigenvalue weighted by Gasteiger charge is -2.20. The van der Waals surface area contributed by atoms with Gasteiger partial charge in [0.15, 0.2) is 0 Å². The molecule has 0 radical (unpaired) electrons. The Morgan fingerprint density at radius 3 is 1.19 bits per heavy atom. The van der Waals surface area contributed by atoms with E-state index in [1.807, 2.05) is 0 Å². The number of hydrogen-bond acceptors (Lipinski definition) is 4. The lowest BCUT2D eigenvalue weighted by atomic mass is 9.95. The molecule has 0 unspecified atom stereocenters. The van der Waals surface area contributed by atoms with Crippen LogP contribution in [0.15, 0.2) is 0 Å². The summed E-state index contributed by atoms with van der Waals surface area (Å²) in [6, 6.07) is 0. The second-order valence-electron chi connectivity index (χ2n) is 4.32. The van der Waals surface area contributed by atoms with Crippen LogP contribution in [-0.4, -0.2) is 45.8 Å². The van der Waals surface area contributed by atoms with Gasteiger partial charge in [-0.05, 0) is 38.5 Å². The highest BCUT2D eigenvalue weighted by Crippen LogP contribution is 2.17. The molecule has 0 aliphatic heterocycles. The van der Waals surface area contributed by atoms with Crippen LogP contribution in [0.1, 0.15) is 51.4 Å². The molecule has 4 heteroatoms. The topological polar surface area (TPSA) is 80.9 Å². The fourth-order valence-corrected chi connectivity index (χ4v) is 1.64. The number of aliphatic hydroxyl groups excluding tert-OH is 4. The Kier molecular flexibility index (Phi) is 11.2. The smallest absolute Gasteiger partial charge is 0.0542 e. The first-order chi connectivity index (χ1) is 7.70. The van der Waals surface area contributed by atoms with Crippen molar-refractivity contribution in [3.05, 3.63) is 0 Å². The molecule has 4 N–H and O–H groups in total. The quantitative estimate of drug-likeness (QED) is 0.531. The first-order valence-corrected chi connectivity index (χ1v) is 6.28. The van der Waals surface area contributed by atoms with Crippen LogP contribution in [0, 0.1) is 0 Å². The molecule has 0 atom stereocenters. The third-order valence-corrected chi connectivity index (χ3v) is 2.73. The van der Waals surface area contributed by atoms with Gasteiger partial charge in [-0.1, -0.05) is 12.8 Å². The molecule has 0 bridgehead atoms. The molecule has 1 aliphatic carbocycles. The highest BCUT2D eigenvalue weighted by Gasteiger charge is 2.15. The third-order valence-electron chi connectivity index (χ3n) is 2.73. The van der Waals surface area contributed by atoms with Gasteiger partial charge in [-0.15, -0.1) is 0 Å². The predicted molar refractivity (Wildman–Crippen MR) is 63.1 cm³/mol. The number of unbranched alkanes of at least 4 members (excludes halogenated alkanes) is 3. The highest BCUT2D eigenvalue weighted by molar-refractivity contribution is 4.69. The van der Waals surface area contributed by atoms with Gasteiger partial charge in [0.2, 0.25) is 0 Å². The summed E-state index contributed by atoms with van der Waals surface area (Å²) in [5.41, 5.74) is 0. The van der Waals surface area contributed by atoms with Crippen LogP contribution in [0.25, 0.3) is 0 Å². The fraction of sp³-hybridized carbons (Fsp3) is 1.00. The maximum atomic E-state index is 8.92. The summed E-state index contributed by atoms with van der Waals surface area (Å²) in [6.45, 7) is 0.566. The number of aliphatic hydroxyl groups is 4. The monoisotopic (exact) mass is 234 g/mol. The van der Waals surface area contributed by atoms with Crippen LogP contribution >= 0.6 is 0 Å². The number of rotatable bonds is 5. The van der Waals surface area contributed by atoms with Gasteiger partial charge in [0, 0.05) is 13.2 Å². The summed E-state index contributed by atoms with van der Waals surface area (Å²) in [4.78, 5) is 0. The Labute approximate surface area is 97.9 Å². The Bertz CT molecular complexity index is 117. The summed E-state index contributed by atoms with van der Waals surface area (Å²) in [6.07, 6.45) is 6.66. The van der Waals surface area contributed by atoms with Crippen molar-refractivity contribution in [3.8, 4) is 0 Å². The van der Waals surface area contributed by atoms with Crippen molar-refractivity contribution in [2.75, 3.05) is 13.2 Å². The molecule has 0 saturated heterocycles. The largest absolute Gasteiger partial charge is 0.396 e. The highest BCUT2D eigenvalue weighted by atomic mass is 16.3. The first-order valence-electron chi connectivity index (χ1n) is 6.28. The van der Waals surface area contributed by atoms with E-state index >= 15 is 0 Å². The van der Waals surface area contributed by atoms with E-state index in [9.17, 15) is 0 Å². The second-order valence-corrected chi connectivity index (χ2v) is 4.32. The zero-order valence-electron chi connectivity index (χ0n) is 10.0. The van der Waals surface area contributed by atoms with Crippen molar-refractivity contribution in [3.63, 3.8) is 0 Å². The lowest BCUT2D eigenvalue weighted by Crippen LogP contribution is -2.21. The van der Waals surface area contributed by atoms with E-state index in [0.29, 0.717) is 0 Å². The Morgan fingerprint density at radius 2 is 0.938 bits per heavy atom. The zero-order chi connectivity index (χ0) is 12.2. The second kappa shape index (κ2) is 11.3. The zero-order valence-corrected chi connectivity index (χ0v) is 10.0. The molecule has 0 aromatic carbocycles. The molecular formula is C12H26O4. The van der Waals surface area contributed by atoms with E-state index in [-0.39, 0.29) is 25.4 Å². The minimum atomic E-state index is -0.140. The van der Waals surface area contributed by atoms with E-state index in [4.69, 9.17) is 20.4 Å². The molecule has 0 spiro atoms. The Balaban J connectivity index is 0.000000281. The fourth-order valence-electron chi connectivity index (χ4n) is 1.64. The van der Waals surface area contributed by atoms with Crippen molar-refractivity contribution in [2.24, 2.45) is 0 Å². The summed E-state index contributed by atoms with van der Waals surface area (Å²) < 4.78 is 0. The summed E-state index contributed by atoms with van der Waals surface area (Å²) >= 11 is 0. The molecule has 4 nitrogen and oxygen atoms in total. The van der Waals surface area contributed by atoms with Crippen LogP contribution in [0.4, 0.5) is 0 Å². The molecule has 0 aromatic rings. The normalized spacial score (nSPS) is 24.8. The van der Waals surface area contributed by atoms with Crippen molar-refractivity contribution in [1.29, 1.82) is 0 Å². The van der Waals surface area contributed by atoms with Gasteiger partial charge in [0.1, 0.15) is 0 Å². The molecule has 0 aromatic heterocycles. The summed E-state index contributed by atoms with van der Waals surface area (Å²) in [5.74, 6) is 0. The SMILES string of the molecule is OC1CCC(O)CC1.OCCCCCCO. The average molecular weight is 234 g/mol. The van der Waals surface area contributed by atoms with Crippen molar-refractivity contribution >= 4 is 0 Å². The van der Waals surface area contributed by atoms with E-state index in [1.54, 1.807) is 0 Å². The molecule has 1 saturated carbocycles. The lowest BCUT2D eigenvalue weighted by molar-refractivity contribution is 0.0541. The predicted octanol–water partition coefficient (Wildman–Crippen LogP) is 0.814. The van der Waals surface area contributed by atoms with Crippen molar-refractivity contribution in [1.82, 2.24) is 0 Å². The average Bonchev–Trinajstić information content (AvgIpc) is 2.30. The maximum Gasteiger partial charge on any atom is 0.0542 e. The van der Waals surface area contributed by atoms with E-state index in [1.165, 1.54) is 0 Å². The minimum Gasteiger partial charge on any atom is -0.396 e. The molecule has 1 aliphatic rings. The van der Waals surface area contributed by atoms with Gasteiger partial charge in [-0.3, -0.25) is 0 Å². The van der Waals surface area contributed by atoms with Crippen LogP contribution in [0.5, 0.6) is 0 Å². The Hall–Kier alpha value is -0.160. The molecule has 0 heterocycles. The van der Waals surface area contributed by atoms with E-state index < -0.39 is 0 Å². The Morgan fingerprint density at radius 1 is 0.625 bits per heavy atom. The summed E-state index contributed by atoms with van der Waals surface area (Å²) in [5, 5.41) is 34.4. The van der Waals surface area contributed by atoms with Gasteiger partial charge >= 0.3 is 0 Å². The molecule has 0 amide bonds. The van der Waals surface area contributed by atoms with Gasteiger partial charge in [-0.25, -0.2) is 0 Å². The van der Waals surface area contributed by atoms with Crippen LogP contribution in [0.2, 0.25) is 0 Å². The van der Waals surface area contributed by atoms with Crippen molar-refractivity contribution < 1.29 is 20.4 Å². The van der Waals surface area contributed by atoms with Crippen molar-refractivity contribution in [2.45, 2.75) is 63.6 Å². The minimum absolute atomic E-state index is 0.140. The van der Waals surface area contributed by atoms with Gasteiger partial charge in [0.25, 0.3) is 0 Å². The third kappa shape index (κ3) is 10.4. The molecular weight excluding hydrogens is 208 g/mol. The van der Waals surface area contributed by atoms with E-state index in [0.717, 1.165) is 51.4 Å². The van der Waals surface area contributed by atoms with Gasteiger partial charge in [0.05, 0.1) is 12.2 Å². The molecule has 1 fully saturated rings. The van der Waals surface area contributed by atoms with Crippen LogP contribution in [-0.2, 0) is 0 Å². The standard InChI is InChI=1S/C6H12O2.C6H14O2/c7-5-1-2-6(8)4-3-5;7-5-3-1-2-4-6-8/h5-8H,1-4H2;7-8H,1-6H2. The molecule has 98 valence electrons. The maximum absolute atomic E-state index is 8.92. The van der Waals surface area contributed by atoms with Crippen LogP contribution in [0.3, 0.4) is 0 Å². The molecule has 16 heavy (non-hydrogen) atoms.